The van der Waals surface area contributed by atoms with E-state index in [1.807, 2.05) is 32.9 Å². The Bertz CT molecular complexity index is 634. The normalized spacial score (nSPS) is 12.3. The molecule has 2 aromatic rings. The third kappa shape index (κ3) is 2.90. The Morgan fingerprint density at radius 1 is 0.905 bits per heavy atom. The SMILES string of the molecule is COc1cc(F)c(C(O)c2c(C)cc(C)cc2C)c(F)c1. The maximum Gasteiger partial charge on any atom is 0.135 e. The van der Waals surface area contributed by atoms with Crippen molar-refractivity contribution in [1.82, 2.24) is 0 Å². The molecule has 1 atom stereocenters. The van der Waals surface area contributed by atoms with E-state index in [1.165, 1.54) is 7.11 Å². The van der Waals surface area contributed by atoms with Crippen molar-refractivity contribution in [3.63, 3.8) is 0 Å². The Kier molecular flexibility index (Phi) is 4.28. The summed E-state index contributed by atoms with van der Waals surface area (Å²) in [6.45, 7) is 5.57. The molecule has 2 nitrogen and oxygen atoms in total. The zero-order valence-corrected chi connectivity index (χ0v) is 12.5. The molecule has 0 aromatic heterocycles. The summed E-state index contributed by atoms with van der Waals surface area (Å²) < 4.78 is 33.0. The Morgan fingerprint density at radius 2 is 1.38 bits per heavy atom. The molecule has 0 heterocycles. The minimum Gasteiger partial charge on any atom is -0.497 e. The van der Waals surface area contributed by atoms with Gasteiger partial charge in [-0.2, -0.15) is 0 Å². The van der Waals surface area contributed by atoms with E-state index in [0.717, 1.165) is 28.8 Å². The van der Waals surface area contributed by atoms with Gasteiger partial charge in [-0.1, -0.05) is 17.7 Å². The summed E-state index contributed by atoms with van der Waals surface area (Å²) in [5, 5.41) is 10.4. The molecule has 0 saturated carbocycles. The van der Waals surface area contributed by atoms with Crippen molar-refractivity contribution in [3.8, 4) is 5.75 Å². The van der Waals surface area contributed by atoms with E-state index in [2.05, 4.69) is 0 Å². The lowest BCUT2D eigenvalue weighted by Gasteiger charge is -2.19. The second kappa shape index (κ2) is 5.82. The van der Waals surface area contributed by atoms with Crippen molar-refractivity contribution in [1.29, 1.82) is 0 Å². The summed E-state index contributed by atoms with van der Waals surface area (Å²) in [5.41, 5.74) is 2.82. The fourth-order valence-electron chi connectivity index (χ4n) is 2.71. The van der Waals surface area contributed by atoms with Gasteiger partial charge < -0.3 is 9.84 Å². The third-order valence-electron chi connectivity index (χ3n) is 3.57. The third-order valence-corrected chi connectivity index (χ3v) is 3.57. The summed E-state index contributed by atoms with van der Waals surface area (Å²) in [6.07, 6.45) is -1.35. The molecule has 0 spiro atoms. The highest BCUT2D eigenvalue weighted by Crippen LogP contribution is 2.33. The minimum absolute atomic E-state index is 0.0818. The van der Waals surface area contributed by atoms with E-state index in [9.17, 15) is 13.9 Å². The maximum atomic E-state index is 14.1. The Morgan fingerprint density at radius 3 is 1.81 bits per heavy atom. The van der Waals surface area contributed by atoms with Crippen molar-refractivity contribution in [2.24, 2.45) is 0 Å². The highest BCUT2D eigenvalue weighted by atomic mass is 19.1. The van der Waals surface area contributed by atoms with Crippen LogP contribution in [0.15, 0.2) is 24.3 Å². The van der Waals surface area contributed by atoms with Gasteiger partial charge in [0.15, 0.2) is 0 Å². The smallest absolute Gasteiger partial charge is 0.135 e. The van der Waals surface area contributed by atoms with Crippen LogP contribution in [-0.2, 0) is 0 Å². The van der Waals surface area contributed by atoms with Crippen LogP contribution in [0.5, 0.6) is 5.75 Å². The van der Waals surface area contributed by atoms with Crippen LogP contribution in [0, 0.1) is 32.4 Å². The first-order valence-corrected chi connectivity index (χ1v) is 6.64. The summed E-state index contributed by atoms with van der Waals surface area (Å²) in [4.78, 5) is 0. The number of aliphatic hydroxyl groups is 1. The standard InChI is InChI=1S/C17H18F2O2/c1-9-5-10(2)15(11(3)6-9)17(20)16-13(18)7-12(21-4)8-14(16)19/h5-8,17,20H,1-4H3. The van der Waals surface area contributed by atoms with E-state index in [-0.39, 0.29) is 11.3 Å². The number of aryl methyl sites for hydroxylation is 3. The Labute approximate surface area is 123 Å². The topological polar surface area (TPSA) is 29.5 Å². The van der Waals surface area contributed by atoms with E-state index >= 15 is 0 Å². The Balaban J connectivity index is 2.58. The van der Waals surface area contributed by atoms with Gasteiger partial charge in [0.2, 0.25) is 0 Å². The second-order valence-corrected chi connectivity index (χ2v) is 5.22. The quantitative estimate of drug-likeness (QED) is 0.927. The molecule has 1 N–H and O–H groups in total. The van der Waals surface area contributed by atoms with Crippen LogP contribution >= 0.6 is 0 Å². The van der Waals surface area contributed by atoms with E-state index in [0.29, 0.717) is 5.56 Å². The fraction of sp³-hybridized carbons (Fsp3) is 0.294. The van der Waals surface area contributed by atoms with Crippen molar-refractivity contribution < 1.29 is 18.6 Å². The molecule has 0 radical (unpaired) electrons. The van der Waals surface area contributed by atoms with Gasteiger partial charge >= 0.3 is 0 Å². The first-order valence-electron chi connectivity index (χ1n) is 6.64. The van der Waals surface area contributed by atoms with Crippen molar-refractivity contribution in [2.75, 3.05) is 7.11 Å². The highest BCUT2D eigenvalue weighted by molar-refractivity contribution is 5.44. The first kappa shape index (κ1) is 15.4. The number of aliphatic hydroxyl groups excluding tert-OH is 1. The molecule has 2 aromatic carbocycles. The molecule has 0 saturated heterocycles. The van der Waals surface area contributed by atoms with Gasteiger partial charge in [-0.15, -0.1) is 0 Å². The van der Waals surface area contributed by atoms with Gasteiger partial charge in [0, 0.05) is 12.1 Å². The summed E-state index contributed by atoms with van der Waals surface area (Å²) in [5.74, 6) is -1.56. The maximum absolute atomic E-state index is 14.1. The lowest BCUT2D eigenvalue weighted by Crippen LogP contribution is -2.10. The van der Waals surface area contributed by atoms with Crippen LogP contribution in [0.1, 0.15) is 33.9 Å². The molecule has 0 fully saturated rings. The van der Waals surface area contributed by atoms with Gasteiger partial charge in [0.25, 0.3) is 0 Å². The molecule has 0 aliphatic heterocycles. The van der Waals surface area contributed by atoms with Gasteiger partial charge in [0.05, 0.1) is 12.7 Å². The monoisotopic (exact) mass is 292 g/mol. The van der Waals surface area contributed by atoms with E-state index < -0.39 is 17.7 Å². The van der Waals surface area contributed by atoms with Crippen LogP contribution in [0.25, 0.3) is 0 Å². The van der Waals surface area contributed by atoms with Crippen LogP contribution < -0.4 is 4.74 Å². The predicted molar refractivity (Wildman–Crippen MR) is 77.6 cm³/mol. The van der Waals surface area contributed by atoms with Gasteiger partial charge in [-0.3, -0.25) is 0 Å². The van der Waals surface area contributed by atoms with Gasteiger partial charge in [-0.05, 0) is 37.5 Å². The van der Waals surface area contributed by atoms with Crippen molar-refractivity contribution >= 4 is 0 Å². The number of halogens is 2. The molecule has 112 valence electrons. The molecule has 4 heteroatoms. The highest BCUT2D eigenvalue weighted by Gasteiger charge is 2.23. The first-order chi connectivity index (χ1) is 9.85. The van der Waals surface area contributed by atoms with Gasteiger partial charge in [0.1, 0.15) is 23.5 Å². The predicted octanol–water partition coefficient (Wildman–Crippen LogP) is 3.98. The zero-order valence-electron chi connectivity index (χ0n) is 12.5. The average Bonchev–Trinajstić information content (AvgIpc) is 2.36. The van der Waals surface area contributed by atoms with Crippen LogP contribution in [0.3, 0.4) is 0 Å². The van der Waals surface area contributed by atoms with Crippen LogP contribution in [0.4, 0.5) is 8.78 Å². The number of hydrogen-bond acceptors (Lipinski definition) is 2. The number of hydrogen-bond donors (Lipinski definition) is 1. The summed E-state index contributed by atoms with van der Waals surface area (Å²) in [7, 11) is 1.33. The van der Waals surface area contributed by atoms with Crippen LogP contribution in [-0.4, -0.2) is 12.2 Å². The zero-order chi connectivity index (χ0) is 15.7. The molecule has 21 heavy (non-hydrogen) atoms. The summed E-state index contributed by atoms with van der Waals surface area (Å²) >= 11 is 0. The molecule has 0 bridgehead atoms. The van der Waals surface area contributed by atoms with Gasteiger partial charge in [-0.25, -0.2) is 8.78 Å². The molecule has 2 rings (SSSR count). The molecule has 0 amide bonds. The van der Waals surface area contributed by atoms with E-state index in [1.54, 1.807) is 0 Å². The van der Waals surface area contributed by atoms with Crippen molar-refractivity contribution in [2.45, 2.75) is 26.9 Å². The number of ether oxygens (including phenoxy) is 1. The molecule has 1 unspecified atom stereocenters. The van der Waals surface area contributed by atoms with E-state index in [4.69, 9.17) is 4.74 Å². The molecular weight excluding hydrogens is 274 g/mol. The number of benzene rings is 2. The lowest BCUT2D eigenvalue weighted by atomic mass is 9.91. The van der Waals surface area contributed by atoms with Crippen LogP contribution in [0.2, 0.25) is 0 Å². The lowest BCUT2D eigenvalue weighted by molar-refractivity contribution is 0.207. The second-order valence-electron chi connectivity index (χ2n) is 5.22. The summed E-state index contributed by atoms with van der Waals surface area (Å²) in [6, 6.07) is 5.90. The minimum atomic E-state index is -1.35. The largest absolute Gasteiger partial charge is 0.497 e. The van der Waals surface area contributed by atoms with Crippen molar-refractivity contribution in [3.05, 3.63) is 63.7 Å². The molecule has 0 aliphatic carbocycles. The number of methoxy groups -OCH3 is 1. The molecular formula is C17H18F2O2. The number of rotatable bonds is 3. The average molecular weight is 292 g/mol. The molecule has 0 aliphatic rings. The fourth-order valence-corrected chi connectivity index (χ4v) is 2.71. The Hall–Kier alpha value is -1.94.